The lowest BCUT2D eigenvalue weighted by Crippen LogP contribution is -2.40. The summed E-state index contributed by atoms with van der Waals surface area (Å²) in [5, 5.41) is 3.89. The number of amides is 1. The summed E-state index contributed by atoms with van der Waals surface area (Å²) in [4.78, 5) is 25.2. The predicted octanol–water partition coefficient (Wildman–Crippen LogP) is 5.95. The molecule has 2 fully saturated rings. The standard InChI is InChI=1S/C25H25F3N4OS/c1-15-10-18(25(26,27)28)11-20(30-15)29-13-19-12-24(8-9-24)14-32(19)23(33)21-22(34-16(2)31-21)17-6-4-3-5-7-17/h3-7,10-11,19H,8-9,12-14H2,1-2H3,(H,29,30)/t19-/m0/s1. The van der Waals surface area contributed by atoms with Crippen LogP contribution in [-0.2, 0) is 6.18 Å². The molecule has 1 saturated carbocycles. The second-order valence-corrected chi connectivity index (χ2v) is 10.5. The number of aromatic nitrogens is 2. The highest BCUT2D eigenvalue weighted by Gasteiger charge is 2.53. The highest BCUT2D eigenvalue weighted by Crippen LogP contribution is 2.55. The first kappa shape index (κ1) is 22.8. The molecule has 34 heavy (non-hydrogen) atoms. The molecule has 0 radical (unpaired) electrons. The Kier molecular flexibility index (Phi) is 5.62. The summed E-state index contributed by atoms with van der Waals surface area (Å²) in [7, 11) is 0. The molecule has 3 heterocycles. The molecule has 1 spiro atoms. The van der Waals surface area contributed by atoms with Crippen molar-refractivity contribution in [2.75, 3.05) is 18.4 Å². The molecule has 5 rings (SSSR count). The fraction of sp³-hybridized carbons (Fsp3) is 0.400. The number of nitrogens with one attached hydrogen (secondary N) is 1. The summed E-state index contributed by atoms with van der Waals surface area (Å²) in [6.45, 7) is 4.42. The Bertz CT molecular complexity index is 1220. The van der Waals surface area contributed by atoms with Gasteiger partial charge < -0.3 is 10.2 Å². The lowest BCUT2D eigenvalue weighted by Gasteiger charge is -2.25. The number of nitrogens with zero attached hydrogens (tertiary/aromatic N) is 3. The first-order valence-electron chi connectivity index (χ1n) is 11.3. The number of halogens is 3. The van der Waals surface area contributed by atoms with Crippen LogP contribution >= 0.6 is 11.3 Å². The van der Waals surface area contributed by atoms with E-state index in [1.165, 1.54) is 11.3 Å². The van der Waals surface area contributed by atoms with E-state index in [1.807, 2.05) is 42.2 Å². The van der Waals surface area contributed by atoms with Gasteiger partial charge in [0.25, 0.3) is 5.91 Å². The average molecular weight is 487 g/mol. The Hall–Kier alpha value is -2.94. The van der Waals surface area contributed by atoms with Gasteiger partial charge in [-0.3, -0.25) is 4.79 Å². The van der Waals surface area contributed by atoms with Gasteiger partial charge in [0.05, 0.1) is 15.4 Å². The van der Waals surface area contributed by atoms with Gasteiger partial charge in [0.1, 0.15) is 11.5 Å². The highest BCUT2D eigenvalue weighted by molar-refractivity contribution is 7.15. The molecule has 178 valence electrons. The van der Waals surface area contributed by atoms with Gasteiger partial charge in [0.2, 0.25) is 0 Å². The number of hydrogen-bond acceptors (Lipinski definition) is 5. The Morgan fingerprint density at radius 2 is 1.91 bits per heavy atom. The van der Waals surface area contributed by atoms with Crippen LogP contribution < -0.4 is 5.32 Å². The van der Waals surface area contributed by atoms with Crippen LogP contribution in [0.4, 0.5) is 19.0 Å². The highest BCUT2D eigenvalue weighted by atomic mass is 32.1. The number of rotatable bonds is 5. The topological polar surface area (TPSA) is 58.1 Å². The van der Waals surface area contributed by atoms with Gasteiger partial charge in [-0.2, -0.15) is 13.2 Å². The zero-order valence-electron chi connectivity index (χ0n) is 18.9. The van der Waals surface area contributed by atoms with Gasteiger partial charge in [-0.15, -0.1) is 11.3 Å². The molecule has 1 saturated heterocycles. The number of pyridine rings is 1. The molecule has 3 aromatic rings. The summed E-state index contributed by atoms with van der Waals surface area (Å²) < 4.78 is 39.7. The van der Waals surface area contributed by atoms with Crippen molar-refractivity contribution >= 4 is 23.1 Å². The molecule has 0 bridgehead atoms. The monoisotopic (exact) mass is 486 g/mol. The van der Waals surface area contributed by atoms with E-state index >= 15 is 0 Å². The van der Waals surface area contributed by atoms with Gasteiger partial charge in [-0.05, 0) is 56.2 Å². The van der Waals surface area contributed by atoms with Crippen LogP contribution in [0.1, 0.15) is 46.0 Å². The van der Waals surface area contributed by atoms with E-state index in [4.69, 9.17) is 0 Å². The van der Waals surface area contributed by atoms with Crippen LogP contribution in [0.25, 0.3) is 10.4 Å². The third-order valence-electron chi connectivity index (χ3n) is 6.61. The van der Waals surface area contributed by atoms with Crippen molar-refractivity contribution in [2.24, 2.45) is 5.41 Å². The second kappa shape index (κ2) is 8.37. The maximum Gasteiger partial charge on any atom is 0.416 e. The summed E-state index contributed by atoms with van der Waals surface area (Å²) in [6, 6.07) is 11.7. The Morgan fingerprint density at radius 1 is 1.18 bits per heavy atom. The number of thiazole rings is 1. The van der Waals surface area contributed by atoms with Crippen LogP contribution in [0.3, 0.4) is 0 Å². The minimum atomic E-state index is -4.44. The van der Waals surface area contributed by atoms with Crippen molar-refractivity contribution in [1.29, 1.82) is 0 Å². The molecule has 1 aliphatic carbocycles. The van der Waals surface area contributed by atoms with Crippen molar-refractivity contribution in [3.63, 3.8) is 0 Å². The van der Waals surface area contributed by atoms with E-state index in [9.17, 15) is 18.0 Å². The van der Waals surface area contributed by atoms with Gasteiger partial charge >= 0.3 is 6.18 Å². The molecular weight excluding hydrogens is 461 g/mol. The minimum Gasteiger partial charge on any atom is -0.368 e. The van der Waals surface area contributed by atoms with Crippen LogP contribution in [-0.4, -0.2) is 39.9 Å². The van der Waals surface area contributed by atoms with Crippen molar-refractivity contribution in [3.05, 3.63) is 64.4 Å². The fourth-order valence-electron chi connectivity index (χ4n) is 4.76. The number of carbonyl (C=O) groups is 1. The van der Waals surface area contributed by atoms with Gasteiger partial charge in [-0.25, -0.2) is 9.97 Å². The largest absolute Gasteiger partial charge is 0.416 e. The van der Waals surface area contributed by atoms with Crippen molar-refractivity contribution in [1.82, 2.24) is 14.9 Å². The number of likely N-dealkylation sites (tertiary alicyclic amines) is 1. The third kappa shape index (κ3) is 4.53. The molecular formula is C25H25F3N4OS. The van der Waals surface area contributed by atoms with E-state index in [-0.39, 0.29) is 23.2 Å². The van der Waals surface area contributed by atoms with E-state index in [2.05, 4.69) is 15.3 Å². The Balaban J connectivity index is 1.39. The predicted molar refractivity (Wildman–Crippen MR) is 126 cm³/mol. The summed E-state index contributed by atoms with van der Waals surface area (Å²) in [5.41, 5.74) is 1.09. The quantitative estimate of drug-likeness (QED) is 0.484. The van der Waals surface area contributed by atoms with E-state index in [0.29, 0.717) is 24.5 Å². The number of hydrogen-bond donors (Lipinski definition) is 1. The van der Waals surface area contributed by atoms with Crippen LogP contribution in [0.5, 0.6) is 0 Å². The van der Waals surface area contributed by atoms with Gasteiger partial charge in [-0.1, -0.05) is 30.3 Å². The first-order chi connectivity index (χ1) is 16.1. The van der Waals surface area contributed by atoms with Gasteiger partial charge in [0.15, 0.2) is 0 Å². The summed E-state index contributed by atoms with van der Waals surface area (Å²) >= 11 is 1.50. The van der Waals surface area contributed by atoms with Crippen LogP contribution in [0.2, 0.25) is 0 Å². The molecule has 5 nitrogen and oxygen atoms in total. The van der Waals surface area contributed by atoms with Gasteiger partial charge in [0, 0.05) is 24.8 Å². The fourth-order valence-corrected chi connectivity index (χ4v) is 5.68. The van der Waals surface area contributed by atoms with Crippen molar-refractivity contribution in [2.45, 2.75) is 45.3 Å². The van der Waals surface area contributed by atoms with Crippen LogP contribution in [0.15, 0.2) is 42.5 Å². The molecule has 1 aliphatic heterocycles. The number of carbonyl (C=O) groups excluding carboxylic acids is 1. The maximum atomic E-state index is 13.7. The first-order valence-corrected chi connectivity index (χ1v) is 12.1. The molecule has 1 atom stereocenters. The molecule has 9 heteroatoms. The third-order valence-corrected chi connectivity index (χ3v) is 7.63. The number of anilines is 1. The normalized spacial score (nSPS) is 19.0. The smallest absolute Gasteiger partial charge is 0.368 e. The molecule has 2 aliphatic rings. The summed E-state index contributed by atoms with van der Waals surface area (Å²) in [5.74, 6) is 0.0536. The Labute approximate surface area is 200 Å². The van der Waals surface area contributed by atoms with E-state index in [0.717, 1.165) is 46.8 Å². The Morgan fingerprint density at radius 3 is 2.59 bits per heavy atom. The van der Waals surface area contributed by atoms with E-state index in [1.54, 1.807) is 6.92 Å². The van der Waals surface area contributed by atoms with Crippen molar-refractivity contribution in [3.8, 4) is 10.4 Å². The number of benzene rings is 1. The summed E-state index contributed by atoms with van der Waals surface area (Å²) in [6.07, 6.45) is -1.48. The number of alkyl halides is 3. The molecule has 0 unspecified atom stereocenters. The molecule has 1 amide bonds. The second-order valence-electron chi connectivity index (χ2n) is 9.33. The lowest BCUT2D eigenvalue weighted by molar-refractivity contribution is -0.137. The molecule has 1 aromatic carbocycles. The van der Waals surface area contributed by atoms with E-state index < -0.39 is 11.7 Å². The van der Waals surface area contributed by atoms with Crippen molar-refractivity contribution < 1.29 is 18.0 Å². The molecule has 1 N–H and O–H groups in total. The van der Waals surface area contributed by atoms with Crippen LogP contribution in [0, 0.1) is 19.3 Å². The zero-order chi connectivity index (χ0) is 24.1. The molecule has 2 aromatic heterocycles. The SMILES string of the molecule is Cc1cc(C(F)(F)F)cc(NC[C@@H]2CC3(CC3)CN2C(=O)c2nc(C)sc2-c2ccccc2)n1. The minimum absolute atomic E-state index is 0.119. The lowest BCUT2D eigenvalue weighted by atomic mass is 10.0. The zero-order valence-corrected chi connectivity index (χ0v) is 19.8. The maximum absolute atomic E-state index is 13.7. The number of aryl methyl sites for hydroxylation is 2. The average Bonchev–Trinajstić information content (AvgIpc) is 3.27.